The van der Waals surface area contributed by atoms with Crippen LogP contribution >= 0.6 is 24.8 Å². The second-order valence-corrected chi connectivity index (χ2v) is 6.92. The molecule has 1 unspecified atom stereocenters. The minimum absolute atomic E-state index is 0. The van der Waals surface area contributed by atoms with E-state index in [0.29, 0.717) is 25.6 Å². The van der Waals surface area contributed by atoms with Crippen molar-refractivity contribution in [2.45, 2.75) is 31.8 Å². The van der Waals surface area contributed by atoms with Gasteiger partial charge in [0.15, 0.2) is 0 Å². The van der Waals surface area contributed by atoms with Crippen LogP contribution in [0.25, 0.3) is 0 Å². The molecule has 1 atom stereocenters. The van der Waals surface area contributed by atoms with E-state index in [1.807, 2.05) is 35.2 Å². The lowest BCUT2D eigenvalue weighted by atomic mass is 10.1. The maximum atomic E-state index is 12.3. The molecule has 2 fully saturated rings. The van der Waals surface area contributed by atoms with Crippen molar-refractivity contribution in [2.24, 2.45) is 0 Å². The van der Waals surface area contributed by atoms with Crippen molar-refractivity contribution in [3.8, 4) is 0 Å². The molecule has 152 valence electrons. The van der Waals surface area contributed by atoms with Gasteiger partial charge in [0, 0.05) is 45.2 Å². The predicted octanol–water partition coefficient (Wildman–Crippen LogP) is 1.43. The Kier molecular flexibility index (Phi) is 10.7. The molecule has 0 radical (unpaired) electrons. The van der Waals surface area contributed by atoms with Gasteiger partial charge >= 0.3 is 0 Å². The van der Waals surface area contributed by atoms with Crippen LogP contribution in [0.4, 0.5) is 0 Å². The van der Waals surface area contributed by atoms with Crippen LogP contribution in [0.2, 0.25) is 0 Å². The highest BCUT2D eigenvalue weighted by Gasteiger charge is 2.25. The summed E-state index contributed by atoms with van der Waals surface area (Å²) in [6.45, 7) is 4.97. The van der Waals surface area contributed by atoms with Crippen molar-refractivity contribution >= 4 is 36.6 Å². The number of nitrogens with one attached hydrogen (secondary N) is 2. The van der Waals surface area contributed by atoms with Gasteiger partial charge in [0.25, 0.3) is 0 Å². The Morgan fingerprint density at radius 1 is 1.07 bits per heavy atom. The van der Waals surface area contributed by atoms with Gasteiger partial charge in [-0.15, -0.1) is 24.8 Å². The molecule has 2 saturated heterocycles. The van der Waals surface area contributed by atoms with Crippen LogP contribution in [0.5, 0.6) is 0 Å². The number of rotatable bonds is 6. The molecule has 0 aromatic heterocycles. The summed E-state index contributed by atoms with van der Waals surface area (Å²) in [7, 11) is 0. The molecular weight excluding hydrogens is 387 g/mol. The maximum absolute atomic E-state index is 12.3. The summed E-state index contributed by atoms with van der Waals surface area (Å²) in [5, 5.41) is 6.34. The summed E-state index contributed by atoms with van der Waals surface area (Å²) in [5.41, 5.74) is 1.10. The molecule has 8 heteroatoms. The summed E-state index contributed by atoms with van der Waals surface area (Å²) in [6.07, 6.45) is 2.88. The van der Waals surface area contributed by atoms with Gasteiger partial charge in [-0.3, -0.25) is 14.5 Å². The number of piperazine rings is 1. The van der Waals surface area contributed by atoms with Gasteiger partial charge < -0.3 is 15.5 Å². The van der Waals surface area contributed by atoms with Gasteiger partial charge in [-0.05, 0) is 24.9 Å². The lowest BCUT2D eigenvalue weighted by Gasteiger charge is -2.34. The summed E-state index contributed by atoms with van der Waals surface area (Å²) in [4.78, 5) is 28.5. The van der Waals surface area contributed by atoms with E-state index in [1.54, 1.807) is 0 Å². The number of hydrogen-bond donors (Lipinski definition) is 2. The van der Waals surface area contributed by atoms with E-state index in [4.69, 9.17) is 0 Å². The Balaban J connectivity index is 0.00000182. The topological polar surface area (TPSA) is 64.7 Å². The molecule has 2 heterocycles. The first kappa shape index (κ1) is 23.7. The van der Waals surface area contributed by atoms with E-state index in [9.17, 15) is 9.59 Å². The smallest absolute Gasteiger partial charge is 0.234 e. The van der Waals surface area contributed by atoms with Crippen molar-refractivity contribution in [3.63, 3.8) is 0 Å². The average molecular weight is 417 g/mol. The summed E-state index contributed by atoms with van der Waals surface area (Å²) >= 11 is 0. The van der Waals surface area contributed by atoms with Crippen LogP contribution in [0.3, 0.4) is 0 Å². The first-order valence-corrected chi connectivity index (χ1v) is 9.25. The first-order chi connectivity index (χ1) is 12.2. The fourth-order valence-corrected chi connectivity index (χ4v) is 3.48. The van der Waals surface area contributed by atoms with Crippen LogP contribution in [-0.2, 0) is 16.1 Å². The van der Waals surface area contributed by atoms with E-state index >= 15 is 0 Å². The zero-order valence-electron chi connectivity index (χ0n) is 15.6. The van der Waals surface area contributed by atoms with Crippen molar-refractivity contribution in [2.75, 3.05) is 39.3 Å². The fraction of sp³-hybridized carbons (Fsp3) is 0.579. The highest BCUT2D eigenvalue weighted by atomic mass is 35.5. The van der Waals surface area contributed by atoms with E-state index in [2.05, 4.69) is 15.5 Å². The molecule has 2 aliphatic heterocycles. The lowest BCUT2D eigenvalue weighted by molar-refractivity contribution is -0.133. The molecule has 6 nitrogen and oxygen atoms in total. The third-order valence-electron chi connectivity index (χ3n) is 5.01. The summed E-state index contributed by atoms with van der Waals surface area (Å²) < 4.78 is 0. The minimum Gasteiger partial charge on any atom is -0.351 e. The van der Waals surface area contributed by atoms with E-state index < -0.39 is 0 Å². The molecule has 0 spiro atoms. The minimum atomic E-state index is 0. The number of hydrogen-bond acceptors (Lipinski definition) is 4. The van der Waals surface area contributed by atoms with E-state index in [0.717, 1.165) is 44.7 Å². The van der Waals surface area contributed by atoms with Crippen molar-refractivity contribution in [1.29, 1.82) is 0 Å². The Hall–Kier alpha value is -1.34. The van der Waals surface area contributed by atoms with Crippen LogP contribution < -0.4 is 10.6 Å². The number of carbonyl (C=O) groups is 2. The molecule has 0 bridgehead atoms. The number of amides is 2. The Morgan fingerprint density at radius 2 is 1.78 bits per heavy atom. The Morgan fingerprint density at radius 3 is 2.41 bits per heavy atom. The quantitative estimate of drug-likeness (QED) is 0.735. The van der Waals surface area contributed by atoms with Crippen molar-refractivity contribution < 1.29 is 9.59 Å². The lowest BCUT2D eigenvalue weighted by Crippen LogP contribution is -2.51. The van der Waals surface area contributed by atoms with Gasteiger partial charge in [-0.25, -0.2) is 0 Å². The zero-order valence-corrected chi connectivity index (χ0v) is 17.2. The molecule has 1 aromatic rings. The van der Waals surface area contributed by atoms with Crippen LogP contribution in [-0.4, -0.2) is 66.9 Å². The molecule has 2 amide bonds. The molecular formula is C19H30Cl2N4O2. The zero-order chi connectivity index (χ0) is 17.5. The largest absolute Gasteiger partial charge is 0.351 e. The summed E-state index contributed by atoms with van der Waals surface area (Å²) in [5.74, 6) is 0.284. The fourth-order valence-electron chi connectivity index (χ4n) is 3.48. The Bertz CT molecular complexity index is 574. The van der Waals surface area contributed by atoms with E-state index in [-0.39, 0.29) is 36.6 Å². The van der Waals surface area contributed by atoms with Crippen LogP contribution in [0.15, 0.2) is 30.3 Å². The molecule has 2 N–H and O–H groups in total. The third-order valence-corrected chi connectivity index (χ3v) is 5.01. The molecule has 2 aliphatic rings. The highest BCUT2D eigenvalue weighted by Crippen LogP contribution is 2.12. The van der Waals surface area contributed by atoms with Gasteiger partial charge in [0.05, 0.1) is 6.54 Å². The highest BCUT2D eigenvalue weighted by molar-refractivity contribution is 5.85. The standard InChI is InChI=1S/C19H28N4O2.2ClH/c24-18(21-14-16-5-2-1-3-6-16)15-22-9-11-23(12-10-22)19(25)13-17-7-4-8-20-17;;/h1-3,5-6,17,20H,4,7-15H2,(H,21,24);2*1H. The van der Waals surface area contributed by atoms with Gasteiger partial charge in [0.2, 0.25) is 11.8 Å². The van der Waals surface area contributed by atoms with Gasteiger partial charge in [-0.2, -0.15) is 0 Å². The Labute approximate surface area is 173 Å². The second kappa shape index (κ2) is 12.2. The molecule has 27 heavy (non-hydrogen) atoms. The van der Waals surface area contributed by atoms with Crippen molar-refractivity contribution in [1.82, 2.24) is 20.4 Å². The SMILES string of the molecule is Cl.Cl.O=C(CN1CCN(C(=O)CC2CCCN2)CC1)NCc1ccccc1. The van der Waals surface area contributed by atoms with E-state index in [1.165, 1.54) is 6.42 Å². The predicted molar refractivity (Wildman–Crippen MR) is 111 cm³/mol. The number of carbonyl (C=O) groups excluding carboxylic acids is 2. The van der Waals surface area contributed by atoms with Crippen LogP contribution in [0.1, 0.15) is 24.8 Å². The van der Waals surface area contributed by atoms with Crippen LogP contribution in [0, 0.1) is 0 Å². The maximum Gasteiger partial charge on any atom is 0.234 e. The molecule has 0 aliphatic carbocycles. The normalized spacial score (nSPS) is 19.7. The van der Waals surface area contributed by atoms with Crippen molar-refractivity contribution in [3.05, 3.63) is 35.9 Å². The molecule has 1 aromatic carbocycles. The summed E-state index contributed by atoms with van der Waals surface area (Å²) in [6, 6.07) is 10.3. The average Bonchev–Trinajstić information content (AvgIpc) is 3.14. The number of halogens is 2. The van der Waals surface area contributed by atoms with Gasteiger partial charge in [0.1, 0.15) is 0 Å². The second-order valence-electron chi connectivity index (χ2n) is 6.92. The monoisotopic (exact) mass is 416 g/mol. The number of benzene rings is 1. The van der Waals surface area contributed by atoms with Gasteiger partial charge in [-0.1, -0.05) is 30.3 Å². The molecule has 0 saturated carbocycles. The number of nitrogens with zero attached hydrogens (tertiary/aromatic N) is 2. The first-order valence-electron chi connectivity index (χ1n) is 9.25. The molecule has 3 rings (SSSR count). The third kappa shape index (κ3) is 7.66.